The van der Waals surface area contributed by atoms with Crippen molar-refractivity contribution >= 4 is 12.3 Å². The molecule has 78 valence electrons. The molecule has 4 nitrogen and oxygen atoms in total. The highest BCUT2D eigenvalue weighted by Crippen LogP contribution is 2.17. The van der Waals surface area contributed by atoms with Crippen molar-refractivity contribution in [1.82, 2.24) is 0 Å². The van der Waals surface area contributed by atoms with E-state index in [1.54, 1.807) is 12.2 Å². The second-order valence-corrected chi connectivity index (χ2v) is 3.24. The van der Waals surface area contributed by atoms with Gasteiger partial charge in [0.25, 0.3) is 0 Å². The molecule has 1 aliphatic heterocycles. The van der Waals surface area contributed by atoms with Crippen LogP contribution in [0.3, 0.4) is 0 Å². The lowest BCUT2D eigenvalue weighted by molar-refractivity contribution is -0.153. The Morgan fingerprint density at radius 3 is 2.79 bits per heavy atom. The summed E-state index contributed by atoms with van der Waals surface area (Å²) in [4.78, 5) is 20.9. The number of rotatable bonds is 3. The second-order valence-electron chi connectivity index (χ2n) is 3.24. The fourth-order valence-electron chi connectivity index (χ4n) is 1.34. The van der Waals surface area contributed by atoms with E-state index in [0.29, 0.717) is 6.42 Å². The molecule has 0 amide bonds. The summed E-state index contributed by atoms with van der Waals surface area (Å²) in [6, 6.07) is 0. The van der Waals surface area contributed by atoms with Crippen LogP contribution in [0.15, 0.2) is 12.2 Å². The maximum Gasteiger partial charge on any atom is 0.303 e. The number of ether oxygens (including phenoxy) is 2. The minimum Gasteiger partial charge on any atom is -0.456 e. The third kappa shape index (κ3) is 2.96. The Kier molecular flexibility index (Phi) is 3.83. The quantitative estimate of drug-likeness (QED) is 0.383. The largest absolute Gasteiger partial charge is 0.456 e. The minimum absolute atomic E-state index is 0.186. The Morgan fingerprint density at radius 2 is 2.29 bits per heavy atom. The van der Waals surface area contributed by atoms with Crippen molar-refractivity contribution in [2.75, 3.05) is 0 Å². The number of carbonyl (C=O) groups excluding carboxylic acids is 2. The van der Waals surface area contributed by atoms with Crippen LogP contribution in [0.25, 0.3) is 0 Å². The van der Waals surface area contributed by atoms with Gasteiger partial charge in [-0.2, -0.15) is 0 Å². The molecule has 1 aliphatic rings. The van der Waals surface area contributed by atoms with Gasteiger partial charge in [0.2, 0.25) is 0 Å². The number of esters is 1. The van der Waals surface area contributed by atoms with Gasteiger partial charge in [0.1, 0.15) is 12.4 Å². The normalized spacial score (nSPS) is 31.1. The second kappa shape index (κ2) is 4.91. The zero-order valence-electron chi connectivity index (χ0n) is 8.30. The van der Waals surface area contributed by atoms with Crippen molar-refractivity contribution in [1.29, 1.82) is 0 Å². The molecule has 0 aromatic carbocycles. The lowest BCUT2D eigenvalue weighted by Gasteiger charge is -2.28. The van der Waals surface area contributed by atoms with Crippen molar-refractivity contribution in [3.63, 3.8) is 0 Å². The van der Waals surface area contributed by atoms with Gasteiger partial charge in [0.15, 0.2) is 0 Å². The molecule has 0 aliphatic carbocycles. The fourth-order valence-corrected chi connectivity index (χ4v) is 1.34. The van der Waals surface area contributed by atoms with Crippen LogP contribution in [0.4, 0.5) is 0 Å². The number of carbonyl (C=O) groups is 2. The third-order valence-electron chi connectivity index (χ3n) is 2.00. The molecule has 3 atom stereocenters. The van der Waals surface area contributed by atoms with Crippen LogP contribution in [0, 0.1) is 0 Å². The van der Waals surface area contributed by atoms with E-state index in [4.69, 9.17) is 9.47 Å². The highest BCUT2D eigenvalue weighted by atomic mass is 16.6. The molecule has 4 heteroatoms. The molecular formula is C10H14O4. The van der Waals surface area contributed by atoms with E-state index in [9.17, 15) is 9.59 Å². The molecule has 1 heterocycles. The number of hydrogen-bond donors (Lipinski definition) is 0. The first kappa shape index (κ1) is 10.9. The summed E-state index contributed by atoms with van der Waals surface area (Å²) < 4.78 is 10.4. The lowest BCUT2D eigenvalue weighted by Crippen LogP contribution is -2.35. The van der Waals surface area contributed by atoms with Crippen LogP contribution in [0.5, 0.6) is 0 Å². The highest BCUT2D eigenvalue weighted by molar-refractivity contribution is 5.66. The van der Waals surface area contributed by atoms with Crippen LogP contribution < -0.4 is 0 Å². The van der Waals surface area contributed by atoms with E-state index < -0.39 is 0 Å². The fraction of sp³-hybridized carbons (Fsp3) is 0.600. The van der Waals surface area contributed by atoms with E-state index >= 15 is 0 Å². The molecule has 0 N–H and O–H groups in total. The van der Waals surface area contributed by atoms with Gasteiger partial charge in [-0.15, -0.1) is 0 Å². The summed E-state index contributed by atoms with van der Waals surface area (Å²) in [5.41, 5.74) is 0. The molecule has 0 spiro atoms. The summed E-state index contributed by atoms with van der Waals surface area (Å²) >= 11 is 0. The van der Waals surface area contributed by atoms with E-state index in [2.05, 4.69) is 0 Å². The lowest BCUT2D eigenvalue weighted by atomic mass is 10.1. The molecule has 0 saturated heterocycles. The Morgan fingerprint density at radius 1 is 1.57 bits per heavy atom. The van der Waals surface area contributed by atoms with Gasteiger partial charge in [0, 0.05) is 13.3 Å². The van der Waals surface area contributed by atoms with Crippen LogP contribution in [-0.4, -0.2) is 30.6 Å². The number of aldehydes is 1. The van der Waals surface area contributed by atoms with Crippen LogP contribution in [0.1, 0.15) is 20.3 Å². The van der Waals surface area contributed by atoms with Gasteiger partial charge in [-0.1, -0.05) is 6.08 Å². The zero-order valence-corrected chi connectivity index (χ0v) is 8.30. The smallest absolute Gasteiger partial charge is 0.303 e. The molecule has 14 heavy (non-hydrogen) atoms. The zero-order chi connectivity index (χ0) is 10.6. The van der Waals surface area contributed by atoms with E-state index in [-0.39, 0.29) is 24.3 Å². The maximum atomic E-state index is 10.7. The highest BCUT2D eigenvalue weighted by Gasteiger charge is 2.25. The maximum absolute atomic E-state index is 10.7. The molecule has 0 aromatic heterocycles. The van der Waals surface area contributed by atoms with Crippen molar-refractivity contribution in [2.45, 2.75) is 38.6 Å². The minimum atomic E-state index is -0.338. The SMILES string of the molecule is CC(=O)O[C@@H]1C=C[C@@H](CC=O)O[C@@H]1C. The van der Waals surface area contributed by atoms with Crippen LogP contribution >= 0.6 is 0 Å². The molecule has 0 unspecified atom stereocenters. The average molecular weight is 198 g/mol. The van der Waals surface area contributed by atoms with Crippen molar-refractivity contribution in [2.24, 2.45) is 0 Å². The summed E-state index contributed by atoms with van der Waals surface area (Å²) in [7, 11) is 0. The summed E-state index contributed by atoms with van der Waals surface area (Å²) in [5, 5.41) is 0. The predicted octanol–water partition coefficient (Wildman–Crippen LogP) is 0.851. The molecular weight excluding hydrogens is 184 g/mol. The van der Waals surface area contributed by atoms with Gasteiger partial charge >= 0.3 is 5.97 Å². The average Bonchev–Trinajstić information content (AvgIpc) is 2.10. The van der Waals surface area contributed by atoms with E-state index in [0.717, 1.165) is 6.29 Å². The molecule has 1 rings (SSSR count). The van der Waals surface area contributed by atoms with Gasteiger partial charge in [0.05, 0.1) is 12.2 Å². The Balaban J connectivity index is 2.53. The first-order chi connectivity index (χ1) is 6.63. The summed E-state index contributed by atoms with van der Waals surface area (Å²) in [5.74, 6) is -0.330. The molecule has 0 aromatic rings. The molecule has 0 saturated carbocycles. The third-order valence-corrected chi connectivity index (χ3v) is 2.00. The van der Waals surface area contributed by atoms with Crippen molar-refractivity contribution < 1.29 is 19.1 Å². The summed E-state index contributed by atoms with van der Waals surface area (Å²) in [6.07, 6.45) is 3.95. The van der Waals surface area contributed by atoms with Gasteiger partial charge in [-0.3, -0.25) is 4.79 Å². The number of hydrogen-bond acceptors (Lipinski definition) is 4. The Hall–Kier alpha value is -1.16. The Labute approximate surface area is 82.9 Å². The first-order valence-corrected chi connectivity index (χ1v) is 4.58. The van der Waals surface area contributed by atoms with E-state index in [1.165, 1.54) is 6.92 Å². The standard InChI is InChI=1S/C10H14O4/c1-7-10(14-8(2)12)4-3-9(13-7)5-6-11/h3-4,6-7,9-10H,5H2,1-2H3/t7-,9+,10-/m1/s1. The van der Waals surface area contributed by atoms with Crippen LogP contribution in [0.2, 0.25) is 0 Å². The topological polar surface area (TPSA) is 52.6 Å². The van der Waals surface area contributed by atoms with Crippen LogP contribution in [-0.2, 0) is 19.1 Å². The van der Waals surface area contributed by atoms with Crippen molar-refractivity contribution in [3.8, 4) is 0 Å². The van der Waals surface area contributed by atoms with Gasteiger partial charge < -0.3 is 14.3 Å². The predicted molar refractivity (Wildman–Crippen MR) is 49.7 cm³/mol. The first-order valence-electron chi connectivity index (χ1n) is 4.58. The van der Waals surface area contributed by atoms with Crippen molar-refractivity contribution in [3.05, 3.63) is 12.2 Å². The van der Waals surface area contributed by atoms with Gasteiger partial charge in [-0.05, 0) is 13.0 Å². The van der Waals surface area contributed by atoms with E-state index in [1.807, 2.05) is 6.92 Å². The molecule has 0 bridgehead atoms. The van der Waals surface area contributed by atoms with Gasteiger partial charge in [-0.25, -0.2) is 0 Å². The molecule has 0 radical (unpaired) electrons. The Bertz CT molecular complexity index is 247. The molecule has 0 fully saturated rings. The monoisotopic (exact) mass is 198 g/mol. The summed E-state index contributed by atoms with van der Waals surface area (Å²) in [6.45, 7) is 3.17.